The summed E-state index contributed by atoms with van der Waals surface area (Å²) in [5.74, 6) is 0. The molecular formula is C9H15F2N3. The molecule has 0 aliphatic carbocycles. The largest absolute Gasteiger partial charge is 0.326 e. The normalized spacial score (nSPS) is 13.6. The van der Waals surface area contributed by atoms with Crippen LogP contribution in [0.4, 0.5) is 8.78 Å². The van der Waals surface area contributed by atoms with E-state index in [0.29, 0.717) is 5.56 Å². The maximum absolute atomic E-state index is 12.7. The van der Waals surface area contributed by atoms with Crippen molar-refractivity contribution >= 4 is 0 Å². The molecule has 1 heterocycles. The Morgan fingerprint density at radius 2 is 2.21 bits per heavy atom. The Balaban J connectivity index is 3.10. The topological polar surface area (TPSA) is 43.8 Å². The zero-order valence-electron chi connectivity index (χ0n) is 8.37. The van der Waals surface area contributed by atoms with Gasteiger partial charge in [-0.3, -0.25) is 4.68 Å². The minimum absolute atomic E-state index is 0.0145. The fourth-order valence-electron chi connectivity index (χ4n) is 1.33. The average Bonchev–Trinajstić information content (AvgIpc) is 2.59. The fourth-order valence-corrected chi connectivity index (χ4v) is 1.33. The number of halogens is 2. The molecule has 0 aliphatic heterocycles. The van der Waals surface area contributed by atoms with Gasteiger partial charge in [-0.1, -0.05) is 6.92 Å². The number of hydrogen-bond acceptors (Lipinski definition) is 2. The standard InChI is InChI=1S/C9H15F2N3/c1-3-6(2)14-8(9(10)11)7(4-12)5-13-14/h5-6,9H,3-4,12H2,1-2H3. The lowest BCUT2D eigenvalue weighted by molar-refractivity contribution is 0.135. The fraction of sp³-hybridized carbons (Fsp3) is 0.667. The van der Waals surface area contributed by atoms with Crippen molar-refractivity contribution in [2.45, 2.75) is 39.3 Å². The van der Waals surface area contributed by atoms with E-state index >= 15 is 0 Å². The minimum Gasteiger partial charge on any atom is -0.326 e. The van der Waals surface area contributed by atoms with Gasteiger partial charge in [-0.15, -0.1) is 0 Å². The van der Waals surface area contributed by atoms with Crippen molar-refractivity contribution < 1.29 is 8.78 Å². The highest BCUT2D eigenvalue weighted by molar-refractivity contribution is 5.19. The van der Waals surface area contributed by atoms with Crippen LogP contribution in [0.25, 0.3) is 0 Å². The molecule has 0 radical (unpaired) electrons. The van der Waals surface area contributed by atoms with E-state index in [1.165, 1.54) is 10.9 Å². The molecule has 14 heavy (non-hydrogen) atoms. The third-order valence-electron chi connectivity index (χ3n) is 2.35. The Bertz CT molecular complexity index is 296. The summed E-state index contributed by atoms with van der Waals surface area (Å²) in [6.07, 6.45) is -0.316. The van der Waals surface area contributed by atoms with E-state index in [2.05, 4.69) is 5.10 Å². The highest BCUT2D eigenvalue weighted by atomic mass is 19.3. The second-order valence-electron chi connectivity index (χ2n) is 3.26. The first-order valence-corrected chi connectivity index (χ1v) is 4.66. The first kappa shape index (κ1) is 11.1. The molecule has 1 aromatic rings. The van der Waals surface area contributed by atoms with Gasteiger partial charge >= 0.3 is 0 Å². The number of aromatic nitrogens is 2. The lowest BCUT2D eigenvalue weighted by Gasteiger charge is -2.13. The summed E-state index contributed by atoms with van der Waals surface area (Å²) >= 11 is 0. The summed E-state index contributed by atoms with van der Waals surface area (Å²) in [5, 5.41) is 3.94. The van der Waals surface area contributed by atoms with Crippen molar-refractivity contribution in [1.29, 1.82) is 0 Å². The molecule has 3 nitrogen and oxygen atoms in total. The van der Waals surface area contributed by atoms with Gasteiger partial charge in [0.2, 0.25) is 0 Å². The van der Waals surface area contributed by atoms with Gasteiger partial charge in [0.05, 0.1) is 6.20 Å². The van der Waals surface area contributed by atoms with Gasteiger partial charge in [-0.25, -0.2) is 8.78 Å². The van der Waals surface area contributed by atoms with E-state index in [0.717, 1.165) is 6.42 Å². The minimum atomic E-state index is -2.51. The first-order valence-electron chi connectivity index (χ1n) is 4.66. The average molecular weight is 203 g/mol. The van der Waals surface area contributed by atoms with Gasteiger partial charge in [0.1, 0.15) is 5.69 Å². The molecule has 0 amide bonds. The highest BCUT2D eigenvalue weighted by Crippen LogP contribution is 2.26. The van der Waals surface area contributed by atoms with Crippen LogP contribution in [0.15, 0.2) is 6.20 Å². The lowest BCUT2D eigenvalue weighted by Crippen LogP contribution is -2.12. The summed E-state index contributed by atoms with van der Waals surface area (Å²) in [6.45, 7) is 3.90. The summed E-state index contributed by atoms with van der Waals surface area (Å²) in [4.78, 5) is 0. The monoisotopic (exact) mass is 203 g/mol. The molecule has 1 aromatic heterocycles. The molecule has 0 aromatic carbocycles. The van der Waals surface area contributed by atoms with Crippen LogP contribution in [0.5, 0.6) is 0 Å². The third-order valence-corrected chi connectivity index (χ3v) is 2.35. The smallest absolute Gasteiger partial charge is 0.280 e. The predicted octanol–water partition coefficient (Wildman–Crippen LogP) is 2.25. The van der Waals surface area contributed by atoms with Crippen molar-refractivity contribution in [3.05, 3.63) is 17.5 Å². The van der Waals surface area contributed by atoms with Crippen molar-refractivity contribution in [2.75, 3.05) is 0 Å². The summed E-state index contributed by atoms with van der Waals surface area (Å²) in [5.41, 5.74) is 5.75. The van der Waals surface area contributed by atoms with Crippen LogP contribution in [-0.4, -0.2) is 9.78 Å². The van der Waals surface area contributed by atoms with Crippen LogP contribution in [0.2, 0.25) is 0 Å². The Morgan fingerprint density at radius 3 is 2.64 bits per heavy atom. The van der Waals surface area contributed by atoms with Crippen molar-refractivity contribution in [3.8, 4) is 0 Å². The van der Waals surface area contributed by atoms with E-state index in [-0.39, 0.29) is 18.3 Å². The van der Waals surface area contributed by atoms with E-state index in [1.807, 2.05) is 13.8 Å². The molecule has 0 fully saturated rings. The molecule has 2 N–H and O–H groups in total. The van der Waals surface area contributed by atoms with Gasteiger partial charge in [0, 0.05) is 18.2 Å². The Kier molecular flexibility index (Phi) is 3.57. The molecule has 5 heteroatoms. The molecule has 1 unspecified atom stereocenters. The van der Waals surface area contributed by atoms with Gasteiger partial charge in [-0.05, 0) is 13.3 Å². The van der Waals surface area contributed by atoms with Crippen molar-refractivity contribution in [3.63, 3.8) is 0 Å². The summed E-state index contributed by atoms with van der Waals surface area (Å²) < 4.78 is 26.7. The van der Waals surface area contributed by atoms with E-state index in [1.54, 1.807) is 0 Å². The van der Waals surface area contributed by atoms with Crippen LogP contribution < -0.4 is 5.73 Å². The number of nitrogens with zero attached hydrogens (tertiary/aromatic N) is 2. The molecule has 0 bridgehead atoms. The van der Waals surface area contributed by atoms with Crippen LogP contribution >= 0.6 is 0 Å². The maximum atomic E-state index is 12.7. The second-order valence-corrected chi connectivity index (χ2v) is 3.26. The molecule has 1 atom stereocenters. The quantitative estimate of drug-likeness (QED) is 0.815. The van der Waals surface area contributed by atoms with Gasteiger partial charge in [0.25, 0.3) is 6.43 Å². The van der Waals surface area contributed by atoms with E-state index in [9.17, 15) is 8.78 Å². The van der Waals surface area contributed by atoms with E-state index < -0.39 is 6.43 Å². The van der Waals surface area contributed by atoms with Crippen LogP contribution in [0.3, 0.4) is 0 Å². The predicted molar refractivity (Wildman–Crippen MR) is 50.1 cm³/mol. The molecule has 0 aliphatic rings. The number of alkyl halides is 2. The number of nitrogens with two attached hydrogens (primary N) is 1. The third kappa shape index (κ3) is 1.92. The summed E-state index contributed by atoms with van der Waals surface area (Å²) in [6, 6.07) is -0.0145. The van der Waals surface area contributed by atoms with E-state index in [4.69, 9.17) is 5.73 Å². The second kappa shape index (κ2) is 4.50. The van der Waals surface area contributed by atoms with Crippen molar-refractivity contribution in [2.24, 2.45) is 5.73 Å². The molecule has 1 rings (SSSR count). The van der Waals surface area contributed by atoms with Crippen molar-refractivity contribution in [1.82, 2.24) is 9.78 Å². The Labute approximate surface area is 81.9 Å². The SMILES string of the molecule is CCC(C)n1ncc(CN)c1C(F)F. The zero-order chi connectivity index (χ0) is 10.7. The number of hydrogen-bond donors (Lipinski definition) is 1. The zero-order valence-corrected chi connectivity index (χ0v) is 8.37. The molecule has 0 spiro atoms. The van der Waals surface area contributed by atoms with Gasteiger partial charge in [-0.2, -0.15) is 5.10 Å². The van der Waals surface area contributed by atoms with Crippen LogP contribution in [0.1, 0.15) is 44.0 Å². The van der Waals surface area contributed by atoms with Crippen LogP contribution in [0, 0.1) is 0 Å². The highest BCUT2D eigenvalue weighted by Gasteiger charge is 2.21. The molecule has 80 valence electrons. The summed E-state index contributed by atoms with van der Waals surface area (Å²) in [7, 11) is 0. The molecule has 0 saturated heterocycles. The molecule has 0 saturated carbocycles. The first-order chi connectivity index (χ1) is 6.61. The van der Waals surface area contributed by atoms with Gasteiger partial charge < -0.3 is 5.73 Å². The van der Waals surface area contributed by atoms with Gasteiger partial charge in [0.15, 0.2) is 0 Å². The number of rotatable bonds is 4. The lowest BCUT2D eigenvalue weighted by atomic mass is 10.2. The molecular weight excluding hydrogens is 188 g/mol. The maximum Gasteiger partial charge on any atom is 0.280 e. The Hall–Kier alpha value is -0.970. The van der Waals surface area contributed by atoms with Crippen LogP contribution in [-0.2, 0) is 6.54 Å². The Morgan fingerprint density at radius 1 is 1.57 bits per heavy atom.